The summed E-state index contributed by atoms with van der Waals surface area (Å²) in [4.78, 5) is 15.4. The fourth-order valence-electron chi connectivity index (χ4n) is 4.29. The van der Waals surface area contributed by atoms with Crippen molar-refractivity contribution in [2.45, 2.75) is 38.8 Å². The van der Waals surface area contributed by atoms with E-state index in [-0.39, 0.29) is 29.7 Å². The number of fused-ring (bicyclic) bond motifs is 1. The maximum atomic E-state index is 13.1. The van der Waals surface area contributed by atoms with Gasteiger partial charge in [-0.15, -0.1) is 17.5 Å². The van der Waals surface area contributed by atoms with E-state index in [2.05, 4.69) is 43.0 Å². The first kappa shape index (κ1) is 24.3. The van der Waals surface area contributed by atoms with Crippen molar-refractivity contribution in [2.24, 2.45) is 5.10 Å². The first-order chi connectivity index (χ1) is 16.6. The number of benzene rings is 2. The van der Waals surface area contributed by atoms with Crippen molar-refractivity contribution in [3.8, 4) is 5.82 Å². The molecule has 2 aromatic heterocycles. The maximum absolute atomic E-state index is 13.1. The Balaban J connectivity index is 0.00000289. The molecule has 1 saturated heterocycles. The lowest BCUT2D eigenvalue weighted by Crippen LogP contribution is -2.38. The number of hydrogen-bond donors (Lipinski definition) is 2. The summed E-state index contributed by atoms with van der Waals surface area (Å²) in [6.07, 6.45) is 4.99. The summed E-state index contributed by atoms with van der Waals surface area (Å²) in [7, 11) is 0. The first-order valence-electron chi connectivity index (χ1n) is 11.2. The van der Waals surface area contributed by atoms with Crippen molar-refractivity contribution in [3.63, 3.8) is 0 Å². The number of hydrazone groups is 1. The zero-order valence-electron chi connectivity index (χ0n) is 19.2. The van der Waals surface area contributed by atoms with Gasteiger partial charge in [0.2, 0.25) is 11.6 Å². The number of aromatic nitrogens is 5. The lowest BCUT2D eigenvalue weighted by Gasteiger charge is -2.33. The van der Waals surface area contributed by atoms with Gasteiger partial charge < -0.3 is 5.73 Å². The Kier molecular flexibility index (Phi) is 7.37. The van der Waals surface area contributed by atoms with Crippen molar-refractivity contribution in [3.05, 3.63) is 59.4 Å². The number of hydrogen-bond acceptors (Lipinski definition) is 9. The molecule has 0 saturated carbocycles. The van der Waals surface area contributed by atoms with Crippen LogP contribution in [0.1, 0.15) is 47.9 Å². The molecule has 3 N–H and O–H groups in total. The van der Waals surface area contributed by atoms with Gasteiger partial charge in [-0.1, -0.05) is 54.1 Å². The van der Waals surface area contributed by atoms with Crippen molar-refractivity contribution < 1.29 is 9.42 Å². The normalized spacial score (nSPS) is 16.4. The molecule has 3 heterocycles. The van der Waals surface area contributed by atoms with Crippen LogP contribution in [0.25, 0.3) is 16.6 Å². The third-order valence-electron chi connectivity index (χ3n) is 6.16. The average Bonchev–Trinajstić information content (AvgIpc) is 3.46. The summed E-state index contributed by atoms with van der Waals surface area (Å²) in [6, 6.07) is 14.3. The maximum Gasteiger partial charge on any atom is 0.293 e. The third-order valence-corrected chi connectivity index (χ3v) is 6.16. The second kappa shape index (κ2) is 10.6. The summed E-state index contributed by atoms with van der Waals surface area (Å²) < 4.78 is 6.15. The molecule has 1 fully saturated rings. The summed E-state index contributed by atoms with van der Waals surface area (Å²) in [5, 5.41) is 22.0. The van der Waals surface area contributed by atoms with Gasteiger partial charge in [0.05, 0.1) is 11.9 Å². The first-order valence-corrected chi connectivity index (χ1v) is 11.2. The molecule has 1 unspecified atom stereocenters. The van der Waals surface area contributed by atoms with E-state index in [1.807, 2.05) is 42.5 Å². The molecule has 0 radical (unpaired) electrons. The molecule has 1 aliphatic rings. The van der Waals surface area contributed by atoms with Crippen molar-refractivity contribution >= 4 is 41.1 Å². The Morgan fingerprint density at radius 3 is 2.86 bits per heavy atom. The van der Waals surface area contributed by atoms with Crippen LogP contribution in [-0.4, -0.2) is 54.9 Å². The lowest BCUT2D eigenvalue weighted by atomic mass is 10.0. The SMILES string of the molecule is CC1CCCCN1Cc1c(C(=O)N/N=C\c2cccc3ccccc23)nnn1-c1nonc1N.Cl. The van der Waals surface area contributed by atoms with Gasteiger partial charge in [0.15, 0.2) is 5.69 Å². The van der Waals surface area contributed by atoms with Gasteiger partial charge in [-0.05, 0) is 47.4 Å². The number of rotatable bonds is 6. The van der Waals surface area contributed by atoms with E-state index in [0.29, 0.717) is 18.3 Å². The predicted octanol–water partition coefficient (Wildman–Crippen LogP) is 2.95. The molecule has 11 nitrogen and oxygen atoms in total. The van der Waals surface area contributed by atoms with Crippen LogP contribution >= 0.6 is 12.4 Å². The highest BCUT2D eigenvalue weighted by Crippen LogP contribution is 2.23. The minimum Gasteiger partial charge on any atom is -0.378 e. The molecular weight excluding hydrogens is 470 g/mol. The molecule has 1 aliphatic heterocycles. The van der Waals surface area contributed by atoms with Gasteiger partial charge in [0, 0.05) is 18.2 Å². The lowest BCUT2D eigenvalue weighted by molar-refractivity contribution is 0.0945. The van der Waals surface area contributed by atoms with E-state index in [4.69, 9.17) is 10.4 Å². The van der Waals surface area contributed by atoms with Gasteiger partial charge >= 0.3 is 0 Å². The Bertz CT molecular complexity index is 1340. The fourth-order valence-corrected chi connectivity index (χ4v) is 4.29. The molecule has 1 amide bonds. The van der Waals surface area contributed by atoms with Crippen LogP contribution in [0.4, 0.5) is 5.82 Å². The van der Waals surface area contributed by atoms with E-state index in [0.717, 1.165) is 35.7 Å². The quantitative estimate of drug-likeness (QED) is 0.307. The molecule has 0 aliphatic carbocycles. The van der Waals surface area contributed by atoms with Crippen LogP contribution in [0.5, 0.6) is 0 Å². The predicted molar refractivity (Wildman–Crippen MR) is 134 cm³/mol. The second-order valence-corrected chi connectivity index (χ2v) is 8.35. The highest BCUT2D eigenvalue weighted by Gasteiger charge is 2.28. The number of anilines is 1. The van der Waals surface area contributed by atoms with Gasteiger partial charge in [0.1, 0.15) is 0 Å². The molecule has 0 spiro atoms. The summed E-state index contributed by atoms with van der Waals surface area (Å²) in [6.45, 7) is 3.54. The van der Waals surface area contributed by atoms with E-state index in [1.54, 1.807) is 6.21 Å². The van der Waals surface area contributed by atoms with Gasteiger partial charge in [-0.25, -0.2) is 10.1 Å². The average molecular weight is 496 g/mol. The number of carbonyl (C=O) groups is 1. The number of nitrogens with one attached hydrogen (secondary N) is 1. The number of carbonyl (C=O) groups excluding carboxylic acids is 1. The number of nitrogen functional groups attached to an aromatic ring is 1. The fraction of sp³-hybridized carbons (Fsp3) is 0.304. The molecule has 182 valence electrons. The molecule has 35 heavy (non-hydrogen) atoms. The topological polar surface area (TPSA) is 140 Å². The van der Waals surface area contributed by atoms with Crippen LogP contribution in [0.3, 0.4) is 0 Å². The molecule has 1 atom stereocenters. The van der Waals surface area contributed by atoms with E-state index >= 15 is 0 Å². The van der Waals surface area contributed by atoms with E-state index in [9.17, 15) is 4.79 Å². The highest BCUT2D eigenvalue weighted by atomic mass is 35.5. The highest BCUT2D eigenvalue weighted by molar-refractivity contribution is 6.00. The largest absolute Gasteiger partial charge is 0.378 e. The van der Waals surface area contributed by atoms with Crippen LogP contribution in [0.2, 0.25) is 0 Å². The van der Waals surface area contributed by atoms with Gasteiger partial charge in [-0.3, -0.25) is 9.69 Å². The molecular formula is C23H26ClN9O2. The Labute approximate surface area is 207 Å². The summed E-state index contributed by atoms with van der Waals surface area (Å²) in [5.74, 6) is -0.207. The summed E-state index contributed by atoms with van der Waals surface area (Å²) in [5.41, 5.74) is 10.1. The third kappa shape index (κ3) is 5.00. The Morgan fingerprint density at radius 2 is 2.06 bits per heavy atom. The number of piperidine rings is 1. The molecule has 0 bridgehead atoms. The van der Waals surface area contributed by atoms with Gasteiger partial charge in [-0.2, -0.15) is 9.78 Å². The number of amides is 1. The number of nitrogens with zero attached hydrogens (tertiary/aromatic N) is 7. The van der Waals surface area contributed by atoms with Crippen LogP contribution < -0.4 is 11.2 Å². The molecule has 2 aromatic carbocycles. The smallest absolute Gasteiger partial charge is 0.293 e. The van der Waals surface area contributed by atoms with E-state index < -0.39 is 5.91 Å². The standard InChI is InChI=1S/C23H25N9O2.ClH/c1-15-7-4-5-12-31(15)14-19-20(26-30-32(19)22-21(24)28-34-29-22)23(33)27-25-13-17-10-6-9-16-8-2-3-11-18(16)17;/h2-3,6,8-11,13,15H,4-5,7,12,14H2,1H3,(H2,24,28)(H,27,33);1H/b25-13-;. The Hall–Kier alpha value is -3.83. The molecule has 4 aromatic rings. The zero-order valence-corrected chi connectivity index (χ0v) is 20.0. The van der Waals surface area contributed by atoms with Crippen LogP contribution in [0.15, 0.2) is 52.2 Å². The van der Waals surface area contributed by atoms with Crippen molar-refractivity contribution in [1.29, 1.82) is 0 Å². The minimum atomic E-state index is -0.475. The monoisotopic (exact) mass is 495 g/mol. The van der Waals surface area contributed by atoms with Crippen molar-refractivity contribution in [1.82, 2.24) is 35.6 Å². The van der Waals surface area contributed by atoms with Crippen molar-refractivity contribution in [2.75, 3.05) is 12.3 Å². The zero-order chi connectivity index (χ0) is 23.5. The second-order valence-electron chi connectivity index (χ2n) is 8.35. The van der Waals surface area contributed by atoms with E-state index in [1.165, 1.54) is 11.1 Å². The summed E-state index contributed by atoms with van der Waals surface area (Å²) >= 11 is 0. The number of likely N-dealkylation sites (tertiary alicyclic amines) is 1. The van der Waals surface area contributed by atoms with Crippen LogP contribution in [-0.2, 0) is 6.54 Å². The van der Waals surface area contributed by atoms with Crippen LogP contribution in [0, 0.1) is 0 Å². The Morgan fingerprint density at radius 1 is 1.23 bits per heavy atom. The molecule has 5 rings (SSSR count). The minimum absolute atomic E-state index is 0. The number of halogens is 1. The molecule has 12 heteroatoms. The number of nitrogens with two attached hydrogens (primary N) is 1. The van der Waals surface area contributed by atoms with Gasteiger partial charge in [0.25, 0.3) is 5.91 Å².